The zero-order chi connectivity index (χ0) is 12.8. The molecule has 2 heteroatoms. The Kier molecular flexibility index (Phi) is 6.50. The number of hydrogen-bond acceptors (Lipinski definition) is 2. The summed E-state index contributed by atoms with van der Waals surface area (Å²) in [6.07, 6.45) is 4.07. The maximum Gasteiger partial charge on any atom is 0.0139 e. The van der Waals surface area contributed by atoms with Crippen molar-refractivity contribution in [3.63, 3.8) is 0 Å². The van der Waals surface area contributed by atoms with Crippen molar-refractivity contribution in [1.29, 1.82) is 0 Å². The number of rotatable bonds is 8. The molecule has 1 rings (SSSR count). The molecule has 0 aromatic carbocycles. The van der Waals surface area contributed by atoms with E-state index in [9.17, 15) is 0 Å². The predicted octanol–water partition coefficient (Wildman–Crippen LogP) is 3.13. The van der Waals surface area contributed by atoms with Gasteiger partial charge in [0.25, 0.3) is 0 Å². The average Bonchev–Trinajstić information content (AvgIpc) is 2.21. The van der Waals surface area contributed by atoms with Crippen LogP contribution < -0.4 is 5.32 Å². The van der Waals surface area contributed by atoms with Gasteiger partial charge in [-0.15, -0.1) is 0 Å². The number of nitrogens with zero attached hydrogens (tertiary/aromatic N) is 1. The standard InChI is InChI=1S/C15H32N2/c1-6-9-16-10-14-7-8-15(14)17(13(4)5)11-12(2)3/h12-16H,6-11H2,1-5H3. The number of nitrogens with one attached hydrogen (secondary N) is 1. The van der Waals surface area contributed by atoms with Gasteiger partial charge in [-0.25, -0.2) is 0 Å². The van der Waals surface area contributed by atoms with Crippen LogP contribution in [0.5, 0.6) is 0 Å². The minimum Gasteiger partial charge on any atom is -0.316 e. The van der Waals surface area contributed by atoms with Gasteiger partial charge < -0.3 is 5.32 Å². The first-order chi connectivity index (χ1) is 8.06. The first-order valence-electron chi connectivity index (χ1n) is 7.52. The quantitative estimate of drug-likeness (QED) is 0.656. The Labute approximate surface area is 108 Å². The molecule has 2 nitrogen and oxygen atoms in total. The molecular formula is C15H32N2. The average molecular weight is 240 g/mol. The van der Waals surface area contributed by atoms with Crippen LogP contribution in [0.4, 0.5) is 0 Å². The lowest BCUT2D eigenvalue weighted by atomic mass is 9.77. The van der Waals surface area contributed by atoms with Crippen molar-refractivity contribution in [3.05, 3.63) is 0 Å². The van der Waals surface area contributed by atoms with Crippen molar-refractivity contribution in [1.82, 2.24) is 10.2 Å². The second-order valence-electron chi connectivity index (χ2n) is 6.29. The Morgan fingerprint density at radius 2 is 1.88 bits per heavy atom. The Morgan fingerprint density at radius 1 is 1.18 bits per heavy atom. The van der Waals surface area contributed by atoms with E-state index in [1.807, 2.05) is 0 Å². The van der Waals surface area contributed by atoms with Crippen LogP contribution in [0.3, 0.4) is 0 Å². The highest BCUT2D eigenvalue weighted by Gasteiger charge is 2.36. The van der Waals surface area contributed by atoms with Crippen molar-refractivity contribution in [3.8, 4) is 0 Å². The smallest absolute Gasteiger partial charge is 0.0139 e. The fourth-order valence-electron chi connectivity index (χ4n) is 2.84. The Morgan fingerprint density at radius 3 is 2.29 bits per heavy atom. The molecule has 1 fully saturated rings. The molecule has 0 aliphatic heterocycles. The molecule has 2 unspecified atom stereocenters. The van der Waals surface area contributed by atoms with Gasteiger partial charge in [-0.05, 0) is 58.0 Å². The molecule has 1 aliphatic rings. The topological polar surface area (TPSA) is 15.3 Å². The minimum absolute atomic E-state index is 0.691. The lowest BCUT2D eigenvalue weighted by Crippen LogP contribution is -2.54. The first-order valence-corrected chi connectivity index (χ1v) is 7.52. The molecular weight excluding hydrogens is 208 g/mol. The van der Waals surface area contributed by atoms with E-state index in [0.717, 1.165) is 17.9 Å². The highest BCUT2D eigenvalue weighted by atomic mass is 15.2. The van der Waals surface area contributed by atoms with Gasteiger partial charge >= 0.3 is 0 Å². The molecule has 0 radical (unpaired) electrons. The molecule has 0 amide bonds. The third-order valence-electron chi connectivity index (χ3n) is 3.88. The first kappa shape index (κ1) is 15.0. The van der Waals surface area contributed by atoms with Gasteiger partial charge in [0.1, 0.15) is 0 Å². The van der Waals surface area contributed by atoms with E-state index in [1.54, 1.807) is 0 Å². The van der Waals surface area contributed by atoms with Crippen molar-refractivity contribution in [2.24, 2.45) is 11.8 Å². The van der Waals surface area contributed by atoms with Crippen LogP contribution in [0.25, 0.3) is 0 Å². The molecule has 1 aliphatic carbocycles. The van der Waals surface area contributed by atoms with E-state index in [1.165, 1.54) is 38.9 Å². The Bertz CT molecular complexity index is 201. The molecule has 0 bridgehead atoms. The summed E-state index contributed by atoms with van der Waals surface area (Å²) in [5.74, 6) is 1.67. The van der Waals surface area contributed by atoms with E-state index in [-0.39, 0.29) is 0 Å². The molecule has 1 N–H and O–H groups in total. The van der Waals surface area contributed by atoms with Crippen LogP contribution in [0.1, 0.15) is 53.9 Å². The van der Waals surface area contributed by atoms with Gasteiger partial charge in [0.15, 0.2) is 0 Å². The molecule has 0 heterocycles. The van der Waals surface area contributed by atoms with Crippen LogP contribution in [-0.4, -0.2) is 36.6 Å². The summed E-state index contributed by atoms with van der Waals surface area (Å²) in [5.41, 5.74) is 0. The van der Waals surface area contributed by atoms with Crippen LogP contribution in [0.2, 0.25) is 0 Å². The lowest BCUT2D eigenvalue weighted by Gasteiger charge is -2.47. The van der Waals surface area contributed by atoms with E-state index in [2.05, 4.69) is 44.8 Å². The largest absolute Gasteiger partial charge is 0.316 e. The van der Waals surface area contributed by atoms with Gasteiger partial charge in [0, 0.05) is 18.6 Å². The maximum atomic E-state index is 3.59. The molecule has 2 atom stereocenters. The summed E-state index contributed by atoms with van der Waals surface area (Å²) >= 11 is 0. The summed E-state index contributed by atoms with van der Waals surface area (Å²) in [7, 11) is 0. The van der Waals surface area contributed by atoms with Gasteiger partial charge in [-0.2, -0.15) is 0 Å². The maximum absolute atomic E-state index is 3.59. The fraction of sp³-hybridized carbons (Fsp3) is 1.00. The van der Waals surface area contributed by atoms with E-state index >= 15 is 0 Å². The zero-order valence-corrected chi connectivity index (χ0v) is 12.5. The van der Waals surface area contributed by atoms with Gasteiger partial charge in [-0.3, -0.25) is 4.90 Å². The SMILES string of the molecule is CCCNCC1CCC1N(CC(C)C)C(C)C. The highest BCUT2D eigenvalue weighted by Crippen LogP contribution is 2.33. The van der Waals surface area contributed by atoms with Crippen LogP contribution in [-0.2, 0) is 0 Å². The van der Waals surface area contributed by atoms with Gasteiger partial charge in [0.05, 0.1) is 0 Å². The van der Waals surface area contributed by atoms with Crippen molar-refractivity contribution in [2.45, 2.75) is 66.0 Å². The summed E-state index contributed by atoms with van der Waals surface area (Å²) in [6.45, 7) is 15.2. The summed E-state index contributed by atoms with van der Waals surface area (Å²) < 4.78 is 0. The molecule has 102 valence electrons. The molecule has 0 spiro atoms. The van der Waals surface area contributed by atoms with Gasteiger partial charge in [0.2, 0.25) is 0 Å². The Hall–Kier alpha value is -0.0800. The van der Waals surface area contributed by atoms with Crippen LogP contribution >= 0.6 is 0 Å². The molecule has 1 saturated carbocycles. The van der Waals surface area contributed by atoms with E-state index in [4.69, 9.17) is 0 Å². The normalized spacial score (nSPS) is 24.7. The van der Waals surface area contributed by atoms with E-state index < -0.39 is 0 Å². The minimum atomic E-state index is 0.691. The summed E-state index contributed by atoms with van der Waals surface area (Å²) in [5, 5.41) is 3.59. The zero-order valence-electron chi connectivity index (χ0n) is 12.5. The predicted molar refractivity (Wildman–Crippen MR) is 76.4 cm³/mol. The fourth-order valence-corrected chi connectivity index (χ4v) is 2.84. The molecule has 0 saturated heterocycles. The van der Waals surface area contributed by atoms with Crippen molar-refractivity contribution >= 4 is 0 Å². The number of hydrogen-bond donors (Lipinski definition) is 1. The molecule has 0 aromatic heterocycles. The van der Waals surface area contributed by atoms with E-state index in [0.29, 0.717) is 6.04 Å². The second-order valence-corrected chi connectivity index (χ2v) is 6.29. The third kappa shape index (κ3) is 4.59. The summed E-state index contributed by atoms with van der Waals surface area (Å²) in [6, 6.07) is 1.53. The summed E-state index contributed by atoms with van der Waals surface area (Å²) in [4.78, 5) is 2.73. The highest BCUT2D eigenvalue weighted by molar-refractivity contribution is 4.91. The lowest BCUT2D eigenvalue weighted by molar-refractivity contribution is 0.0291. The third-order valence-corrected chi connectivity index (χ3v) is 3.88. The van der Waals surface area contributed by atoms with Crippen molar-refractivity contribution in [2.75, 3.05) is 19.6 Å². The van der Waals surface area contributed by atoms with Gasteiger partial charge in [-0.1, -0.05) is 20.8 Å². The van der Waals surface area contributed by atoms with Crippen molar-refractivity contribution < 1.29 is 0 Å². The molecule has 0 aromatic rings. The van der Waals surface area contributed by atoms with Crippen LogP contribution in [0, 0.1) is 11.8 Å². The molecule has 17 heavy (non-hydrogen) atoms. The second kappa shape index (κ2) is 7.38. The van der Waals surface area contributed by atoms with Crippen LogP contribution in [0.15, 0.2) is 0 Å². The monoisotopic (exact) mass is 240 g/mol. The Balaban J connectivity index is 2.39.